The molecule has 106 valence electrons. The van der Waals surface area contributed by atoms with Gasteiger partial charge in [0.2, 0.25) is 0 Å². The third-order valence-corrected chi connectivity index (χ3v) is 4.15. The first-order chi connectivity index (χ1) is 9.61. The first-order valence-corrected chi connectivity index (χ1v) is 8.31. The van der Waals surface area contributed by atoms with E-state index in [-0.39, 0.29) is 6.04 Å². The quantitative estimate of drug-likeness (QED) is 0.767. The number of aryl methyl sites for hydroxylation is 1. The maximum atomic E-state index is 4.58. The van der Waals surface area contributed by atoms with E-state index in [0.717, 1.165) is 27.6 Å². The van der Waals surface area contributed by atoms with Gasteiger partial charge in [0.1, 0.15) is 0 Å². The van der Waals surface area contributed by atoms with Crippen molar-refractivity contribution in [3.8, 4) is 0 Å². The third kappa shape index (κ3) is 3.90. The SMILES string of the molecule is CCCNC(c1cccc(C)c1)c1ncc(Br)cc1Br. The molecule has 1 aromatic heterocycles. The molecule has 0 bridgehead atoms. The molecule has 1 heterocycles. The molecule has 0 aliphatic carbocycles. The molecule has 0 spiro atoms. The summed E-state index contributed by atoms with van der Waals surface area (Å²) in [5.41, 5.74) is 3.53. The molecule has 1 aromatic carbocycles. The normalized spacial score (nSPS) is 12.4. The number of rotatable bonds is 5. The highest BCUT2D eigenvalue weighted by Gasteiger charge is 2.18. The van der Waals surface area contributed by atoms with Gasteiger partial charge in [-0.15, -0.1) is 0 Å². The van der Waals surface area contributed by atoms with Crippen LogP contribution in [0.25, 0.3) is 0 Å². The molecule has 0 aliphatic heterocycles. The zero-order valence-electron chi connectivity index (χ0n) is 11.7. The molecule has 1 atom stereocenters. The minimum absolute atomic E-state index is 0.109. The van der Waals surface area contributed by atoms with E-state index in [1.165, 1.54) is 11.1 Å². The van der Waals surface area contributed by atoms with E-state index in [1.54, 1.807) is 0 Å². The van der Waals surface area contributed by atoms with E-state index in [4.69, 9.17) is 0 Å². The second-order valence-electron chi connectivity index (χ2n) is 4.82. The fraction of sp³-hybridized carbons (Fsp3) is 0.312. The van der Waals surface area contributed by atoms with Gasteiger partial charge in [-0.1, -0.05) is 36.8 Å². The van der Waals surface area contributed by atoms with Gasteiger partial charge in [0, 0.05) is 15.1 Å². The van der Waals surface area contributed by atoms with Crippen molar-refractivity contribution in [1.29, 1.82) is 0 Å². The third-order valence-electron chi connectivity index (χ3n) is 3.08. The van der Waals surface area contributed by atoms with Crippen molar-refractivity contribution in [2.45, 2.75) is 26.3 Å². The summed E-state index contributed by atoms with van der Waals surface area (Å²) in [5, 5.41) is 3.58. The molecular formula is C16H18Br2N2. The van der Waals surface area contributed by atoms with Gasteiger partial charge in [0.15, 0.2) is 0 Å². The van der Waals surface area contributed by atoms with E-state index >= 15 is 0 Å². The van der Waals surface area contributed by atoms with Crippen molar-refractivity contribution in [2.24, 2.45) is 0 Å². The summed E-state index contributed by atoms with van der Waals surface area (Å²) in [7, 11) is 0. The van der Waals surface area contributed by atoms with Gasteiger partial charge in [-0.3, -0.25) is 4.98 Å². The van der Waals surface area contributed by atoms with Crippen LogP contribution in [0.3, 0.4) is 0 Å². The number of aromatic nitrogens is 1. The van der Waals surface area contributed by atoms with Crippen LogP contribution in [-0.4, -0.2) is 11.5 Å². The van der Waals surface area contributed by atoms with Crippen molar-refractivity contribution in [3.05, 3.63) is 62.3 Å². The lowest BCUT2D eigenvalue weighted by molar-refractivity contribution is 0.584. The molecule has 1 N–H and O–H groups in total. The van der Waals surface area contributed by atoms with Crippen LogP contribution in [-0.2, 0) is 0 Å². The molecule has 20 heavy (non-hydrogen) atoms. The van der Waals surface area contributed by atoms with Gasteiger partial charge in [-0.2, -0.15) is 0 Å². The van der Waals surface area contributed by atoms with Gasteiger partial charge in [-0.05, 0) is 63.4 Å². The van der Waals surface area contributed by atoms with Crippen LogP contribution < -0.4 is 5.32 Å². The summed E-state index contributed by atoms with van der Waals surface area (Å²) in [6.45, 7) is 5.25. The van der Waals surface area contributed by atoms with E-state index < -0.39 is 0 Å². The van der Waals surface area contributed by atoms with Crippen LogP contribution in [0, 0.1) is 6.92 Å². The van der Waals surface area contributed by atoms with Crippen molar-refractivity contribution in [1.82, 2.24) is 10.3 Å². The summed E-state index contributed by atoms with van der Waals surface area (Å²) in [6.07, 6.45) is 2.94. The lowest BCUT2D eigenvalue weighted by Gasteiger charge is -2.20. The Morgan fingerprint density at radius 2 is 2.05 bits per heavy atom. The van der Waals surface area contributed by atoms with Gasteiger partial charge in [-0.25, -0.2) is 0 Å². The van der Waals surface area contributed by atoms with Crippen LogP contribution in [0.4, 0.5) is 0 Å². The molecule has 1 unspecified atom stereocenters. The molecule has 2 rings (SSSR count). The minimum atomic E-state index is 0.109. The summed E-state index contributed by atoms with van der Waals surface area (Å²) in [5.74, 6) is 0. The Labute approximate surface area is 137 Å². The predicted molar refractivity (Wildman–Crippen MR) is 91.0 cm³/mol. The van der Waals surface area contributed by atoms with Crippen LogP contribution in [0.1, 0.15) is 36.2 Å². The van der Waals surface area contributed by atoms with Crippen LogP contribution >= 0.6 is 31.9 Å². The Hall–Kier alpha value is -0.710. The van der Waals surface area contributed by atoms with Crippen molar-refractivity contribution in [2.75, 3.05) is 6.54 Å². The minimum Gasteiger partial charge on any atom is -0.305 e. The zero-order chi connectivity index (χ0) is 14.5. The van der Waals surface area contributed by atoms with Crippen LogP contribution in [0.15, 0.2) is 45.5 Å². The highest BCUT2D eigenvalue weighted by atomic mass is 79.9. The first kappa shape index (κ1) is 15.7. The monoisotopic (exact) mass is 396 g/mol. The summed E-state index contributed by atoms with van der Waals surface area (Å²) >= 11 is 7.08. The highest BCUT2D eigenvalue weighted by Crippen LogP contribution is 2.29. The molecule has 2 nitrogen and oxygen atoms in total. The Kier molecular flexibility index (Phi) is 5.75. The number of nitrogens with zero attached hydrogens (tertiary/aromatic N) is 1. The number of halogens is 2. The molecule has 0 saturated carbocycles. The predicted octanol–water partition coefficient (Wildman–Crippen LogP) is 5.00. The van der Waals surface area contributed by atoms with Crippen LogP contribution in [0.5, 0.6) is 0 Å². The van der Waals surface area contributed by atoms with E-state index in [1.807, 2.05) is 12.3 Å². The molecule has 2 aromatic rings. The van der Waals surface area contributed by atoms with Crippen molar-refractivity contribution < 1.29 is 0 Å². The standard InChI is InChI=1S/C16H18Br2N2/c1-3-7-19-15(12-6-4-5-11(2)8-12)16-14(18)9-13(17)10-20-16/h4-6,8-10,15,19H,3,7H2,1-2H3. The maximum absolute atomic E-state index is 4.58. The van der Waals surface area contributed by atoms with Gasteiger partial charge >= 0.3 is 0 Å². The van der Waals surface area contributed by atoms with E-state index in [9.17, 15) is 0 Å². The van der Waals surface area contributed by atoms with Crippen molar-refractivity contribution in [3.63, 3.8) is 0 Å². The number of pyridine rings is 1. The van der Waals surface area contributed by atoms with Crippen molar-refractivity contribution >= 4 is 31.9 Å². The Morgan fingerprint density at radius 3 is 2.70 bits per heavy atom. The Balaban J connectivity index is 2.41. The number of nitrogens with one attached hydrogen (secondary N) is 1. The fourth-order valence-corrected chi connectivity index (χ4v) is 3.36. The Bertz CT molecular complexity index is 584. The molecule has 0 aliphatic rings. The average molecular weight is 398 g/mol. The molecule has 0 fully saturated rings. The molecule has 4 heteroatoms. The van der Waals surface area contributed by atoms with Gasteiger partial charge in [0.05, 0.1) is 11.7 Å². The smallest absolute Gasteiger partial charge is 0.0763 e. The van der Waals surface area contributed by atoms with E-state index in [0.29, 0.717) is 0 Å². The fourth-order valence-electron chi connectivity index (χ4n) is 2.15. The number of hydrogen-bond acceptors (Lipinski definition) is 2. The largest absolute Gasteiger partial charge is 0.305 e. The lowest BCUT2D eigenvalue weighted by atomic mass is 10.0. The Morgan fingerprint density at radius 1 is 1.25 bits per heavy atom. The number of benzene rings is 1. The summed E-state index contributed by atoms with van der Waals surface area (Å²) in [4.78, 5) is 4.58. The summed E-state index contributed by atoms with van der Waals surface area (Å²) in [6, 6.07) is 10.7. The molecule has 0 amide bonds. The highest BCUT2D eigenvalue weighted by molar-refractivity contribution is 9.11. The van der Waals surface area contributed by atoms with E-state index in [2.05, 4.69) is 80.3 Å². The average Bonchev–Trinajstić information content (AvgIpc) is 2.41. The van der Waals surface area contributed by atoms with Gasteiger partial charge < -0.3 is 5.32 Å². The second kappa shape index (κ2) is 7.34. The molecule has 0 saturated heterocycles. The summed E-state index contributed by atoms with van der Waals surface area (Å²) < 4.78 is 1.99. The second-order valence-corrected chi connectivity index (χ2v) is 6.59. The number of hydrogen-bond donors (Lipinski definition) is 1. The zero-order valence-corrected chi connectivity index (χ0v) is 14.8. The molecular weight excluding hydrogens is 380 g/mol. The van der Waals surface area contributed by atoms with Gasteiger partial charge in [0.25, 0.3) is 0 Å². The first-order valence-electron chi connectivity index (χ1n) is 6.72. The maximum Gasteiger partial charge on any atom is 0.0763 e. The lowest BCUT2D eigenvalue weighted by Crippen LogP contribution is -2.24. The van der Waals surface area contributed by atoms with Crippen LogP contribution in [0.2, 0.25) is 0 Å². The molecule has 0 radical (unpaired) electrons. The topological polar surface area (TPSA) is 24.9 Å².